The van der Waals surface area contributed by atoms with Crippen LogP contribution in [0.15, 0.2) is 29.2 Å². The van der Waals surface area contributed by atoms with Gasteiger partial charge < -0.3 is 10.2 Å². The maximum atomic E-state index is 12.8. The van der Waals surface area contributed by atoms with E-state index >= 15 is 0 Å². The zero-order chi connectivity index (χ0) is 22.8. The highest BCUT2D eigenvalue weighted by atomic mass is 32.2. The normalized spacial score (nSPS) is 23.7. The third-order valence-electron chi connectivity index (χ3n) is 6.27. The zero-order valence-electron chi connectivity index (χ0n) is 17.9. The van der Waals surface area contributed by atoms with Crippen LogP contribution in [0.5, 0.6) is 0 Å². The Morgan fingerprint density at radius 1 is 1.00 bits per heavy atom. The van der Waals surface area contributed by atoms with Crippen LogP contribution in [0.4, 0.5) is 18.9 Å². The number of halogens is 3. The van der Waals surface area contributed by atoms with E-state index in [-0.39, 0.29) is 17.9 Å². The molecule has 1 saturated heterocycles. The quantitative estimate of drug-likeness (QED) is 0.727. The van der Waals surface area contributed by atoms with Gasteiger partial charge in [-0.25, -0.2) is 8.42 Å². The molecule has 1 aliphatic carbocycles. The van der Waals surface area contributed by atoms with E-state index in [9.17, 15) is 26.4 Å². The Morgan fingerprint density at radius 2 is 1.55 bits per heavy atom. The molecule has 1 heterocycles. The lowest BCUT2D eigenvalue weighted by atomic mass is 9.85. The van der Waals surface area contributed by atoms with Crippen molar-refractivity contribution in [3.8, 4) is 0 Å². The summed E-state index contributed by atoms with van der Waals surface area (Å²) >= 11 is 0. The molecule has 10 heteroatoms. The largest absolute Gasteiger partial charge is 0.501 e. The second-order valence-electron chi connectivity index (χ2n) is 8.62. The maximum Gasteiger partial charge on any atom is 0.501 e. The van der Waals surface area contributed by atoms with Gasteiger partial charge in [-0.2, -0.15) is 13.2 Å². The Bertz CT molecular complexity index is 856. The lowest BCUT2D eigenvalue weighted by Gasteiger charge is -2.39. The van der Waals surface area contributed by atoms with Crippen LogP contribution in [0.25, 0.3) is 0 Å². The molecule has 1 aromatic rings. The number of benzene rings is 1. The van der Waals surface area contributed by atoms with Crippen molar-refractivity contribution < 1.29 is 26.4 Å². The Morgan fingerprint density at radius 3 is 2.03 bits per heavy atom. The van der Waals surface area contributed by atoms with Gasteiger partial charge in [0, 0.05) is 49.9 Å². The highest BCUT2D eigenvalue weighted by Gasteiger charge is 2.46. The van der Waals surface area contributed by atoms with Gasteiger partial charge in [0.1, 0.15) is 0 Å². The molecular formula is C21H30F3N3O3S. The Kier molecular flexibility index (Phi) is 7.20. The molecule has 2 fully saturated rings. The van der Waals surface area contributed by atoms with E-state index in [0.29, 0.717) is 11.7 Å². The number of rotatable bonds is 5. The number of nitrogens with zero attached hydrogens (tertiary/aromatic N) is 2. The molecule has 1 amide bonds. The van der Waals surface area contributed by atoms with Crippen LogP contribution in [-0.4, -0.2) is 67.9 Å². The first-order valence-electron chi connectivity index (χ1n) is 10.7. The summed E-state index contributed by atoms with van der Waals surface area (Å²) in [5, 5.41) is 3.25. The molecular weight excluding hydrogens is 431 g/mol. The first kappa shape index (κ1) is 23.8. The van der Waals surface area contributed by atoms with Crippen LogP contribution < -0.4 is 5.32 Å². The summed E-state index contributed by atoms with van der Waals surface area (Å²) < 4.78 is 60.8. The summed E-state index contributed by atoms with van der Waals surface area (Å²) in [6.45, 7) is 7.66. The highest BCUT2D eigenvalue weighted by Crippen LogP contribution is 2.32. The molecule has 1 N–H and O–H groups in total. The van der Waals surface area contributed by atoms with E-state index in [1.165, 1.54) is 12.1 Å². The number of nitrogens with one attached hydrogen (secondary N) is 1. The average Bonchev–Trinajstić information content (AvgIpc) is 2.73. The van der Waals surface area contributed by atoms with Crippen molar-refractivity contribution in [3.63, 3.8) is 0 Å². The molecule has 0 unspecified atom stereocenters. The summed E-state index contributed by atoms with van der Waals surface area (Å²) in [6, 6.07) is 5.23. The van der Waals surface area contributed by atoms with Crippen molar-refractivity contribution in [2.24, 2.45) is 5.92 Å². The summed E-state index contributed by atoms with van der Waals surface area (Å²) in [4.78, 5) is 16.4. The molecule has 174 valence electrons. The average molecular weight is 462 g/mol. The van der Waals surface area contributed by atoms with E-state index in [1.807, 2.05) is 4.90 Å². The number of piperazine rings is 1. The number of sulfone groups is 1. The molecule has 1 aromatic carbocycles. The van der Waals surface area contributed by atoms with Gasteiger partial charge in [-0.1, -0.05) is 0 Å². The number of carbonyl (C=O) groups is 1. The molecule has 31 heavy (non-hydrogen) atoms. The summed E-state index contributed by atoms with van der Waals surface area (Å²) in [5.74, 6) is 0.242. The van der Waals surface area contributed by atoms with Gasteiger partial charge in [-0.3, -0.25) is 9.69 Å². The maximum absolute atomic E-state index is 12.8. The zero-order valence-corrected chi connectivity index (χ0v) is 18.7. The lowest BCUT2D eigenvalue weighted by Crippen LogP contribution is -2.52. The third-order valence-corrected chi connectivity index (χ3v) is 7.77. The third kappa shape index (κ3) is 5.52. The van der Waals surface area contributed by atoms with Crippen molar-refractivity contribution in [3.05, 3.63) is 24.3 Å². The van der Waals surface area contributed by atoms with Gasteiger partial charge >= 0.3 is 5.51 Å². The Balaban J connectivity index is 1.49. The van der Waals surface area contributed by atoms with Crippen molar-refractivity contribution >= 4 is 21.4 Å². The monoisotopic (exact) mass is 461 g/mol. The molecule has 2 aliphatic rings. The first-order valence-corrected chi connectivity index (χ1v) is 12.2. The molecule has 6 nitrogen and oxygen atoms in total. The second kappa shape index (κ2) is 9.36. The predicted octanol–water partition coefficient (Wildman–Crippen LogP) is 3.50. The molecule has 0 radical (unpaired) electrons. The number of alkyl halides is 3. The van der Waals surface area contributed by atoms with E-state index in [2.05, 4.69) is 24.1 Å². The minimum Gasteiger partial charge on any atom is -0.382 e. The van der Waals surface area contributed by atoms with E-state index in [4.69, 9.17) is 0 Å². The fraction of sp³-hybridized carbons (Fsp3) is 0.667. The fourth-order valence-corrected chi connectivity index (χ4v) is 5.06. The molecule has 3 rings (SSSR count). The molecule has 0 spiro atoms. The van der Waals surface area contributed by atoms with Crippen LogP contribution in [0.1, 0.15) is 39.5 Å². The van der Waals surface area contributed by atoms with Crippen LogP contribution in [0.3, 0.4) is 0 Å². The first-order chi connectivity index (χ1) is 14.5. The van der Waals surface area contributed by atoms with Crippen molar-refractivity contribution in [1.29, 1.82) is 0 Å². The van der Waals surface area contributed by atoms with Gasteiger partial charge in [0.2, 0.25) is 5.91 Å². The summed E-state index contributed by atoms with van der Waals surface area (Å²) in [5.41, 5.74) is -4.74. The molecule has 0 bridgehead atoms. The SMILES string of the molecule is CC(C)N1CCN(C(=O)C2CCC(Nc3ccc(S(=O)(=O)C(F)(F)F)cc3)CC2)CC1. The smallest absolute Gasteiger partial charge is 0.382 e. The topological polar surface area (TPSA) is 69.7 Å². The van der Waals surface area contributed by atoms with Gasteiger partial charge in [-0.15, -0.1) is 0 Å². The van der Waals surface area contributed by atoms with Crippen LogP contribution in [-0.2, 0) is 14.6 Å². The predicted molar refractivity (Wildman–Crippen MR) is 112 cm³/mol. The van der Waals surface area contributed by atoms with Gasteiger partial charge in [0.25, 0.3) is 9.84 Å². The van der Waals surface area contributed by atoms with Crippen LogP contribution in [0, 0.1) is 5.92 Å². The lowest BCUT2D eigenvalue weighted by molar-refractivity contribution is -0.138. The fourth-order valence-electron chi connectivity index (χ4n) is 4.30. The number of anilines is 1. The molecule has 0 aromatic heterocycles. The number of carbonyl (C=O) groups excluding carboxylic acids is 1. The minimum atomic E-state index is -5.34. The van der Waals surface area contributed by atoms with Gasteiger partial charge in [0.15, 0.2) is 0 Å². The summed E-state index contributed by atoms with van der Waals surface area (Å²) in [6.07, 6.45) is 3.10. The Labute approximate surface area is 181 Å². The standard InChI is InChI=1S/C21H30F3N3O3S/c1-15(2)26-11-13-27(14-12-26)20(28)16-3-5-17(6-4-16)25-18-7-9-19(10-8-18)31(29,30)21(22,23)24/h7-10,15-17,25H,3-6,11-14H2,1-2H3. The number of amides is 1. The van der Waals surface area contributed by atoms with Gasteiger partial charge in [0.05, 0.1) is 4.90 Å². The van der Waals surface area contributed by atoms with Crippen molar-refractivity contribution in [1.82, 2.24) is 9.80 Å². The Hall–Kier alpha value is -1.81. The van der Waals surface area contributed by atoms with E-state index < -0.39 is 20.2 Å². The van der Waals surface area contributed by atoms with Gasteiger partial charge in [-0.05, 0) is 63.8 Å². The number of hydrogen-bond acceptors (Lipinski definition) is 5. The van der Waals surface area contributed by atoms with E-state index in [0.717, 1.165) is 64.0 Å². The second-order valence-corrected chi connectivity index (χ2v) is 10.6. The van der Waals surface area contributed by atoms with Crippen LogP contribution in [0.2, 0.25) is 0 Å². The minimum absolute atomic E-state index is 0.0166. The molecule has 1 aliphatic heterocycles. The summed E-state index contributed by atoms with van der Waals surface area (Å²) in [7, 11) is -5.34. The van der Waals surface area contributed by atoms with Crippen LogP contribution >= 0.6 is 0 Å². The number of hydrogen-bond donors (Lipinski definition) is 1. The molecule has 0 atom stereocenters. The highest BCUT2D eigenvalue weighted by molar-refractivity contribution is 7.92. The van der Waals surface area contributed by atoms with E-state index in [1.54, 1.807) is 0 Å². The molecule has 1 saturated carbocycles. The van der Waals surface area contributed by atoms with Crippen molar-refractivity contribution in [2.75, 3.05) is 31.5 Å². The van der Waals surface area contributed by atoms with Crippen molar-refractivity contribution in [2.45, 2.75) is 62.0 Å².